The van der Waals surface area contributed by atoms with Crippen LogP contribution in [-0.4, -0.2) is 18.5 Å². The molecule has 0 aromatic heterocycles. The standard InChI is InChI=1S/C20H23ClN2O.ClH/c21-17-9-7-16(8-10-17)20(24)23-19-12-5-15(6-13-19)4-11-18-3-1-2-14-22-18;/h5-10,12-13,18,22H,1-4,11,14H2,(H,23,24);1H. The molecule has 5 heteroatoms. The number of aryl methyl sites for hydroxylation is 1. The van der Waals surface area contributed by atoms with Crippen molar-refractivity contribution in [1.29, 1.82) is 0 Å². The highest BCUT2D eigenvalue weighted by atomic mass is 35.5. The molecule has 1 aliphatic rings. The summed E-state index contributed by atoms with van der Waals surface area (Å²) >= 11 is 5.84. The van der Waals surface area contributed by atoms with Gasteiger partial charge in [0.25, 0.3) is 5.91 Å². The molecule has 25 heavy (non-hydrogen) atoms. The molecule has 3 nitrogen and oxygen atoms in total. The average Bonchev–Trinajstić information content (AvgIpc) is 2.62. The van der Waals surface area contributed by atoms with Gasteiger partial charge in [0.2, 0.25) is 0 Å². The van der Waals surface area contributed by atoms with Crippen LogP contribution in [0, 0.1) is 0 Å². The van der Waals surface area contributed by atoms with Gasteiger partial charge in [-0.2, -0.15) is 0 Å². The van der Waals surface area contributed by atoms with Crippen molar-refractivity contribution in [2.24, 2.45) is 0 Å². The van der Waals surface area contributed by atoms with E-state index in [1.54, 1.807) is 24.3 Å². The molecule has 1 amide bonds. The molecule has 1 heterocycles. The van der Waals surface area contributed by atoms with Crippen molar-refractivity contribution < 1.29 is 4.79 Å². The molecule has 2 aromatic rings. The first-order valence-corrected chi connectivity index (χ1v) is 8.98. The molecule has 0 bridgehead atoms. The first-order valence-electron chi connectivity index (χ1n) is 8.60. The third-order valence-corrected chi connectivity index (χ3v) is 4.76. The van der Waals surface area contributed by atoms with Gasteiger partial charge in [0.15, 0.2) is 0 Å². The van der Waals surface area contributed by atoms with E-state index in [0.29, 0.717) is 16.6 Å². The van der Waals surface area contributed by atoms with Gasteiger partial charge in [0.05, 0.1) is 0 Å². The Morgan fingerprint density at radius 2 is 1.80 bits per heavy atom. The summed E-state index contributed by atoms with van der Waals surface area (Å²) in [5.74, 6) is -0.120. The number of carbonyl (C=O) groups excluding carboxylic acids is 1. The Hall–Kier alpha value is -1.55. The van der Waals surface area contributed by atoms with Crippen LogP contribution in [0.4, 0.5) is 5.69 Å². The maximum Gasteiger partial charge on any atom is 0.255 e. The van der Waals surface area contributed by atoms with Gasteiger partial charge in [-0.1, -0.05) is 30.2 Å². The minimum absolute atomic E-state index is 0. The Bertz CT molecular complexity index is 665. The quantitative estimate of drug-likeness (QED) is 0.760. The van der Waals surface area contributed by atoms with Crippen LogP contribution in [0.1, 0.15) is 41.6 Å². The topological polar surface area (TPSA) is 41.1 Å². The molecular weight excluding hydrogens is 355 g/mol. The lowest BCUT2D eigenvalue weighted by molar-refractivity contribution is 0.102. The van der Waals surface area contributed by atoms with E-state index >= 15 is 0 Å². The SMILES string of the molecule is Cl.O=C(Nc1ccc(CCC2CCCCN2)cc1)c1ccc(Cl)cc1. The maximum absolute atomic E-state index is 12.2. The molecule has 0 aliphatic carbocycles. The number of hydrogen-bond acceptors (Lipinski definition) is 2. The van der Waals surface area contributed by atoms with Gasteiger partial charge >= 0.3 is 0 Å². The van der Waals surface area contributed by atoms with E-state index in [0.717, 1.165) is 18.7 Å². The lowest BCUT2D eigenvalue weighted by Crippen LogP contribution is -2.34. The number of amides is 1. The summed E-state index contributed by atoms with van der Waals surface area (Å²) < 4.78 is 0. The smallest absolute Gasteiger partial charge is 0.255 e. The van der Waals surface area contributed by atoms with E-state index in [-0.39, 0.29) is 18.3 Å². The van der Waals surface area contributed by atoms with Gasteiger partial charge in [-0.15, -0.1) is 12.4 Å². The Kier molecular flexibility index (Phi) is 7.76. The minimum atomic E-state index is -0.120. The maximum atomic E-state index is 12.2. The summed E-state index contributed by atoms with van der Waals surface area (Å²) in [6, 6.07) is 15.7. The van der Waals surface area contributed by atoms with Gasteiger partial charge in [-0.05, 0) is 74.2 Å². The van der Waals surface area contributed by atoms with Crippen molar-refractivity contribution in [3.63, 3.8) is 0 Å². The van der Waals surface area contributed by atoms with Crippen LogP contribution >= 0.6 is 24.0 Å². The number of anilines is 1. The lowest BCUT2D eigenvalue weighted by atomic mass is 9.98. The van der Waals surface area contributed by atoms with Crippen molar-refractivity contribution in [2.75, 3.05) is 11.9 Å². The van der Waals surface area contributed by atoms with Gasteiger partial charge in [-0.3, -0.25) is 4.79 Å². The van der Waals surface area contributed by atoms with Crippen molar-refractivity contribution in [3.05, 3.63) is 64.7 Å². The van der Waals surface area contributed by atoms with Crippen LogP contribution in [0.25, 0.3) is 0 Å². The predicted octanol–water partition coefficient (Wildman–Crippen LogP) is 5.09. The second-order valence-corrected chi connectivity index (χ2v) is 6.78. The van der Waals surface area contributed by atoms with E-state index in [2.05, 4.69) is 22.8 Å². The van der Waals surface area contributed by atoms with Crippen LogP contribution in [0.15, 0.2) is 48.5 Å². The molecule has 0 saturated carbocycles. The third kappa shape index (κ3) is 6.03. The molecule has 2 N–H and O–H groups in total. The highest BCUT2D eigenvalue weighted by Gasteiger charge is 2.12. The number of rotatable bonds is 5. The molecule has 134 valence electrons. The van der Waals surface area contributed by atoms with Crippen molar-refractivity contribution >= 4 is 35.6 Å². The summed E-state index contributed by atoms with van der Waals surface area (Å²) in [4.78, 5) is 12.2. The first-order chi connectivity index (χ1) is 11.7. The summed E-state index contributed by atoms with van der Waals surface area (Å²) in [7, 11) is 0. The summed E-state index contributed by atoms with van der Waals surface area (Å²) in [6.45, 7) is 1.15. The molecule has 2 aromatic carbocycles. The molecule has 3 rings (SSSR count). The van der Waals surface area contributed by atoms with Crippen LogP contribution in [0.3, 0.4) is 0 Å². The first kappa shape index (κ1) is 19.8. The Labute approximate surface area is 160 Å². The number of carbonyl (C=O) groups is 1. The fourth-order valence-corrected chi connectivity index (χ4v) is 3.20. The zero-order valence-corrected chi connectivity index (χ0v) is 15.7. The van der Waals surface area contributed by atoms with Crippen LogP contribution in [-0.2, 0) is 6.42 Å². The minimum Gasteiger partial charge on any atom is -0.322 e. The molecule has 1 fully saturated rings. The fourth-order valence-electron chi connectivity index (χ4n) is 3.07. The molecule has 1 unspecified atom stereocenters. The van der Waals surface area contributed by atoms with Crippen LogP contribution in [0.5, 0.6) is 0 Å². The van der Waals surface area contributed by atoms with E-state index in [4.69, 9.17) is 11.6 Å². The second kappa shape index (κ2) is 9.81. The Morgan fingerprint density at radius 1 is 1.08 bits per heavy atom. The number of piperidine rings is 1. The highest BCUT2D eigenvalue weighted by Crippen LogP contribution is 2.17. The lowest BCUT2D eigenvalue weighted by Gasteiger charge is -2.23. The number of nitrogens with one attached hydrogen (secondary N) is 2. The fraction of sp³-hybridized carbons (Fsp3) is 0.350. The van der Waals surface area contributed by atoms with Gasteiger partial charge in [0, 0.05) is 22.3 Å². The summed E-state index contributed by atoms with van der Waals surface area (Å²) in [6.07, 6.45) is 6.18. The van der Waals surface area contributed by atoms with Crippen molar-refractivity contribution in [3.8, 4) is 0 Å². The normalized spacial score (nSPS) is 16.8. The number of benzene rings is 2. The van der Waals surface area contributed by atoms with Gasteiger partial charge in [0.1, 0.15) is 0 Å². The monoisotopic (exact) mass is 378 g/mol. The van der Waals surface area contributed by atoms with Gasteiger partial charge in [-0.25, -0.2) is 0 Å². The zero-order valence-electron chi connectivity index (χ0n) is 14.1. The molecule has 1 saturated heterocycles. The molecular formula is C20H24Cl2N2O. The Morgan fingerprint density at radius 3 is 2.44 bits per heavy atom. The number of halogens is 2. The van der Waals surface area contributed by atoms with E-state index < -0.39 is 0 Å². The largest absolute Gasteiger partial charge is 0.322 e. The second-order valence-electron chi connectivity index (χ2n) is 6.34. The summed E-state index contributed by atoms with van der Waals surface area (Å²) in [5.41, 5.74) is 2.73. The molecule has 0 radical (unpaired) electrons. The van der Waals surface area contributed by atoms with Gasteiger partial charge < -0.3 is 10.6 Å². The van der Waals surface area contributed by atoms with Crippen LogP contribution in [0.2, 0.25) is 5.02 Å². The predicted molar refractivity (Wildman–Crippen MR) is 107 cm³/mol. The summed E-state index contributed by atoms with van der Waals surface area (Å²) in [5, 5.41) is 7.13. The molecule has 1 atom stereocenters. The van der Waals surface area contributed by atoms with E-state index in [9.17, 15) is 4.79 Å². The highest BCUT2D eigenvalue weighted by molar-refractivity contribution is 6.30. The average molecular weight is 379 g/mol. The van der Waals surface area contributed by atoms with Crippen molar-refractivity contribution in [1.82, 2.24) is 5.32 Å². The zero-order chi connectivity index (χ0) is 16.8. The molecule has 1 aliphatic heterocycles. The van der Waals surface area contributed by atoms with Crippen molar-refractivity contribution in [2.45, 2.75) is 38.1 Å². The third-order valence-electron chi connectivity index (χ3n) is 4.51. The number of hydrogen-bond donors (Lipinski definition) is 2. The van der Waals surface area contributed by atoms with E-state index in [1.165, 1.54) is 31.2 Å². The Balaban J connectivity index is 0.00000225. The van der Waals surface area contributed by atoms with E-state index in [1.807, 2.05) is 12.1 Å². The molecule has 0 spiro atoms. The van der Waals surface area contributed by atoms with Crippen LogP contribution < -0.4 is 10.6 Å².